The SMILES string of the molecule is CN(N)C(=O)n1cn[c]([Pb])c1N. The van der Waals surface area contributed by atoms with E-state index in [9.17, 15) is 4.79 Å². The molecule has 7 heteroatoms. The van der Waals surface area contributed by atoms with Crippen LogP contribution in [0.2, 0.25) is 0 Å². The molecule has 0 aliphatic rings. The first-order valence-corrected chi connectivity index (χ1v) is 5.05. The van der Waals surface area contributed by atoms with Crippen molar-refractivity contribution in [2.45, 2.75) is 0 Å². The van der Waals surface area contributed by atoms with Gasteiger partial charge in [0.15, 0.2) is 0 Å². The Balaban J connectivity index is 3.04. The van der Waals surface area contributed by atoms with Crippen LogP contribution in [-0.2, 0) is 0 Å². The number of carbonyl (C=O) groups is 1. The van der Waals surface area contributed by atoms with Crippen molar-refractivity contribution in [3.63, 3.8) is 0 Å². The van der Waals surface area contributed by atoms with Gasteiger partial charge in [-0.25, -0.2) is 0 Å². The fourth-order valence-corrected chi connectivity index (χ4v) is 1.37. The van der Waals surface area contributed by atoms with E-state index in [2.05, 4.69) is 4.98 Å². The number of aromatic nitrogens is 2. The summed E-state index contributed by atoms with van der Waals surface area (Å²) in [6.07, 6.45) is 1.38. The first-order valence-electron chi connectivity index (χ1n) is 3.11. The summed E-state index contributed by atoms with van der Waals surface area (Å²) in [5.74, 6) is 5.62. The van der Waals surface area contributed by atoms with Crippen molar-refractivity contribution in [2.24, 2.45) is 5.84 Å². The number of nitrogens with two attached hydrogens (primary N) is 2. The summed E-state index contributed by atoms with van der Waals surface area (Å²) in [5.41, 5.74) is 5.57. The zero-order chi connectivity index (χ0) is 9.30. The number of hydrazine groups is 1. The number of nitrogen functional groups attached to an aromatic ring is 1. The first kappa shape index (κ1) is 9.45. The number of hydrogen-bond donors (Lipinski definition) is 2. The zero-order valence-electron chi connectivity index (χ0n) is 6.48. The summed E-state index contributed by atoms with van der Waals surface area (Å²) >= 11 is 0.720. The number of nitrogens with zero attached hydrogens (tertiary/aromatic N) is 3. The van der Waals surface area contributed by atoms with Crippen molar-refractivity contribution >= 4 is 40.9 Å². The Morgan fingerprint density at radius 3 is 2.75 bits per heavy atom. The fourth-order valence-electron chi connectivity index (χ4n) is 0.680. The summed E-state index contributed by atoms with van der Waals surface area (Å²) in [6.45, 7) is 0. The van der Waals surface area contributed by atoms with E-state index >= 15 is 0 Å². The average molecular weight is 361 g/mol. The van der Waals surface area contributed by atoms with Crippen LogP contribution < -0.4 is 14.8 Å². The van der Waals surface area contributed by atoms with E-state index in [1.54, 1.807) is 0 Å². The molecule has 12 heavy (non-hydrogen) atoms. The molecule has 0 saturated heterocycles. The number of carbonyl (C=O) groups excluding carboxylic acids is 1. The molecule has 3 radical (unpaired) electrons. The molecule has 63 valence electrons. The van der Waals surface area contributed by atoms with Crippen LogP contribution in [0.5, 0.6) is 0 Å². The minimum absolute atomic E-state index is 0.379. The van der Waals surface area contributed by atoms with Crippen LogP contribution in [0.25, 0.3) is 0 Å². The second kappa shape index (κ2) is 3.39. The van der Waals surface area contributed by atoms with Gasteiger partial charge >= 0.3 is 85.2 Å². The molecule has 0 saturated carbocycles. The maximum absolute atomic E-state index is 11.2. The summed E-state index contributed by atoms with van der Waals surface area (Å²) in [4.78, 5) is 15.2. The Morgan fingerprint density at radius 2 is 2.42 bits per heavy atom. The van der Waals surface area contributed by atoms with Gasteiger partial charge in [-0.1, -0.05) is 0 Å². The molecule has 1 aromatic rings. The standard InChI is InChI=1S/C5H8N5O.Pb/c1-9(7)5(11)10-3-8-2-4(10)6;/h3H,6-7H2,1H3;. The Kier molecular flexibility index (Phi) is 2.67. The first-order chi connectivity index (χ1) is 5.54. The van der Waals surface area contributed by atoms with E-state index in [4.69, 9.17) is 11.6 Å². The number of imidazole rings is 1. The normalized spacial score (nSPS) is 9.92. The van der Waals surface area contributed by atoms with Crippen molar-refractivity contribution in [3.05, 3.63) is 6.33 Å². The molecule has 1 amide bonds. The molecule has 6 nitrogen and oxygen atoms in total. The predicted octanol–water partition coefficient (Wildman–Crippen LogP) is -1.97. The Labute approximate surface area is 85.2 Å². The monoisotopic (exact) mass is 362 g/mol. The third-order valence-corrected chi connectivity index (χ3v) is 2.81. The third-order valence-electron chi connectivity index (χ3n) is 1.31. The summed E-state index contributed by atoms with van der Waals surface area (Å²) in [6, 6.07) is -0.387. The quantitative estimate of drug-likeness (QED) is 0.243. The van der Waals surface area contributed by atoms with Gasteiger partial charge < -0.3 is 0 Å². The second-order valence-electron chi connectivity index (χ2n) is 2.24. The van der Waals surface area contributed by atoms with Crippen molar-refractivity contribution in [3.8, 4) is 0 Å². The molecule has 0 spiro atoms. The van der Waals surface area contributed by atoms with Gasteiger partial charge in [-0.05, 0) is 0 Å². The minimum atomic E-state index is -0.387. The molecule has 4 N–H and O–H groups in total. The molecule has 1 aromatic heterocycles. The molecule has 0 fully saturated rings. The molecule has 0 atom stereocenters. The molecule has 1 rings (SSSR count). The predicted molar refractivity (Wildman–Crippen MR) is 44.8 cm³/mol. The van der Waals surface area contributed by atoms with Crippen LogP contribution in [0.15, 0.2) is 6.33 Å². The Morgan fingerprint density at radius 1 is 1.83 bits per heavy atom. The van der Waals surface area contributed by atoms with E-state index in [-0.39, 0.29) is 6.03 Å². The maximum atomic E-state index is 11.2. The average Bonchev–Trinajstić information content (AvgIpc) is 2.32. The van der Waals surface area contributed by atoms with Gasteiger partial charge in [-0.15, -0.1) is 0 Å². The number of amides is 1. The van der Waals surface area contributed by atoms with Crippen LogP contribution in [0.3, 0.4) is 0 Å². The van der Waals surface area contributed by atoms with Crippen LogP contribution in [-0.4, -0.2) is 53.4 Å². The summed E-state index contributed by atoms with van der Waals surface area (Å²) < 4.78 is 1.98. The molecule has 1 heterocycles. The van der Waals surface area contributed by atoms with Gasteiger partial charge in [0.1, 0.15) is 0 Å². The molecule has 0 aromatic carbocycles. The second-order valence-corrected chi connectivity index (χ2v) is 4.08. The number of rotatable bonds is 0. The third kappa shape index (κ3) is 1.58. The van der Waals surface area contributed by atoms with Crippen LogP contribution >= 0.6 is 0 Å². The summed E-state index contributed by atoms with van der Waals surface area (Å²) in [5, 5.41) is 0.957. The van der Waals surface area contributed by atoms with Crippen molar-refractivity contribution in [1.29, 1.82) is 0 Å². The zero-order valence-corrected chi connectivity index (χ0v) is 10.4. The van der Waals surface area contributed by atoms with E-state index in [0.29, 0.717) is 5.82 Å². The molecule has 0 aliphatic heterocycles. The van der Waals surface area contributed by atoms with Crippen LogP contribution in [0.1, 0.15) is 0 Å². The molecule has 0 unspecified atom stereocenters. The topological polar surface area (TPSA) is 90.2 Å². The Bertz CT molecular complexity index is 307. The fraction of sp³-hybridized carbons (Fsp3) is 0.200. The van der Waals surface area contributed by atoms with E-state index in [1.807, 2.05) is 0 Å². The van der Waals surface area contributed by atoms with Crippen molar-refractivity contribution < 1.29 is 4.79 Å². The van der Waals surface area contributed by atoms with Crippen LogP contribution in [0.4, 0.5) is 10.6 Å². The van der Waals surface area contributed by atoms with E-state index in [1.165, 1.54) is 17.9 Å². The van der Waals surface area contributed by atoms with Crippen molar-refractivity contribution in [1.82, 2.24) is 14.6 Å². The molecular weight excluding hydrogens is 353 g/mol. The number of hydrogen-bond acceptors (Lipinski definition) is 4. The van der Waals surface area contributed by atoms with E-state index in [0.717, 1.165) is 34.0 Å². The van der Waals surface area contributed by atoms with Gasteiger partial charge in [-0.3, -0.25) is 0 Å². The molecular formula is C5H8N5OPb. The van der Waals surface area contributed by atoms with E-state index < -0.39 is 0 Å². The molecule has 0 bridgehead atoms. The van der Waals surface area contributed by atoms with Gasteiger partial charge in [0, 0.05) is 0 Å². The van der Waals surface area contributed by atoms with Crippen LogP contribution in [0, 0.1) is 0 Å². The van der Waals surface area contributed by atoms with Gasteiger partial charge in [0.25, 0.3) is 0 Å². The van der Waals surface area contributed by atoms with Gasteiger partial charge in [-0.2, -0.15) is 0 Å². The molecule has 0 aliphatic carbocycles. The Hall–Kier alpha value is -0.638. The van der Waals surface area contributed by atoms with Crippen molar-refractivity contribution in [2.75, 3.05) is 12.8 Å². The number of anilines is 1. The van der Waals surface area contributed by atoms with Gasteiger partial charge in [0.05, 0.1) is 0 Å². The summed E-state index contributed by atoms with van der Waals surface area (Å²) in [7, 11) is 1.45. The van der Waals surface area contributed by atoms with Gasteiger partial charge in [0.2, 0.25) is 0 Å².